The Morgan fingerprint density at radius 1 is 1.24 bits per heavy atom. The van der Waals surface area contributed by atoms with Crippen LogP contribution in [0, 0.1) is 10.1 Å². The second-order valence-electron chi connectivity index (χ2n) is 5.69. The maximum absolute atomic E-state index is 11.0. The maximum Gasteiger partial charge on any atom is 0.300 e. The minimum absolute atomic E-state index is 0.0653. The Morgan fingerprint density at radius 3 is 2.90 bits per heavy atom. The molecule has 1 N–H and O–H groups in total. The molecular formula is C13H15N5O3. The molecule has 1 aromatic carbocycles. The van der Waals surface area contributed by atoms with E-state index in [1.165, 1.54) is 18.9 Å². The molecule has 2 bridgehead atoms. The van der Waals surface area contributed by atoms with Gasteiger partial charge in [0.25, 0.3) is 0 Å². The molecule has 2 aromatic rings. The summed E-state index contributed by atoms with van der Waals surface area (Å²) in [6, 6.07) is 4.30. The fraction of sp³-hybridized carbons (Fsp3) is 0.538. The van der Waals surface area contributed by atoms with Gasteiger partial charge < -0.3 is 10.2 Å². The van der Waals surface area contributed by atoms with Gasteiger partial charge in [0.2, 0.25) is 5.52 Å². The number of anilines is 1. The lowest BCUT2D eigenvalue weighted by atomic mass is 10.1. The SMILES string of the molecule is O=[N+]([O-])c1ccc(N2CCC3CCC(C2)N3)c2nonc12. The van der Waals surface area contributed by atoms with E-state index in [0.29, 0.717) is 17.6 Å². The smallest absolute Gasteiger partial charge is 0.300 e. The van der Waals surface area contributed by atoms with Gasteiger partial charge in [0.1, 0.15) is 0 Å². The van der Waals surface area contributed by atoms with Crippen molar-refractivity contribution in [2.24, 2.45) is 0 Å². The van der Waals surface area contributed by atoms with E-state index >= 15 is 0 Å². The average Bonchev–Trinajstić information content (AvgIpc) is 3.04. The Kier molecular flexibility index (Phi) is 2.78. The standard InChI is InChI=1S/C13H15N5O3/c19-18(20)11-4-3-10(12-13(11)16-21-15-12)17-6-5-8-1-2-9(7-17)14-8/h3-4,8-9,14H,1-2,5-7H2. The van der Waals surface area contributed by atoms with Crippen LogP contribution in [0.4, 0.5) is 11.4 Å². The number of aromatic nitrogens is 2. The fourth-order valence-corrected chi connectivity index (χ4v) is 3.40. The molecule has 110 valence electrons. The van der Waals surface area contributed by atoms with Crippen molar-refractivity contribution in [1.29, 1.82) is 0 Å². The molecule has 0 radical (unpaired) electrons. The van der Waals surface area contributed by atoms with E-state index in [1.807, 2.05) is 0 Å². The lowest BCUT2D eigenvalue weighted by molar-refractivity contribution is -0.383. The summed E-state index contributed by atoms with van der Waals surface area (Å²) >= 11 is 0. The number of nitro groups is 1. The fourth-order valence-electron chi connectivity index (χ4n) is 3.40. The molecule has 2 atom stereocenters. The first-order valence-corrected chi connectivity index (χ1v) is 7.13. The maximum atomic E-state index is 11.0. The van der Waals surface area contributed by atoms with Gasteiger partial charge in [-0.3, -0.25) is 10.1 Å². The van der Waals surface area contributed by atoms with Crippen LogP contribution in [0.15, 0.2) is 16.8 Å². The van der Waals surface area contributed by atoms with E-state index in [9.17, 15) is 10.1 Å². The van der Waals surface area contributed by atoms with Gasteiger partial charge in [0.05, 0.1) is 10.6 Å². The van der Waals surface area contributed by atoms with Crippen LogP contribution in [-0.2, 0) is 0 Å². The average molecular weight is 289 g/mol. The second-order valence-corrected chi connectivity index (χ2v) is 5.69. The molecule has 0 aliphatic carbocycles. The van der Waals surface area contributed by atoms with Crippen molar-refractivity contribution >= 4 is 22.4 Å². The van der Waals surface area contributed by atoms with E-state index in [0.717, 1.165) is 25.2 Å². The third-order valence-corrected chi connectivity index (χ3v) is 4.43. The Balaban J connectivity index is 1.75. The lowest BCUT2D eigenvalue weighted by Crippen LogP contribution is -2.35. The molecule has 2 saturated heterocycles. The van der Waals surface area contributed by atoms with E-state index < -0.39 is 4.92 Å². The number of non-ortho nitro benzene ring substituents is 1. The summed E-state index contributed by atoms with van der Waals surface area (Å²) in [5, 5.41) is 22.2. The molecule has 2 fully saturated rings. The second kappa shape index (κ2) is 4.66. The van der Waals surface area contributed by atoms with Crippen molar-refractivity contribution in [3.05, 3.63) is 22.2 Å². The van der Waals surface area contributed by atoms with Crippen molar-refractivity contribution in [1.82, 2.24) is 15.6 Å². The molecule has 4 rings (SSSR count). The highest BCUT2D eigenvalue weighted by molar-refractivity contribution is 5.93. The van der Waals surface area contributed by atoms with Crippen molar-refractivity contribution in [2.75, 3.05) is 18.0 Å². The number of nitro benzene ring substituents is 1. The summed E-state index contributed by atoms with van der Waals surface area (Å²) in [4.78, 5) is 12.8. The highest BCUT2D eigenvalue weighted by atomic mass is 16.6. The molecule has 0 spiro atoms. The number of benzene rings is 1. The van der Waals surface area contributed by atoms with Gasteiger partial charge in [-0.25, -0.2) is 4.63 Å². The van der Waals surface area contributed by atoms with Crippen LogP contribution in [0.5, 0.6) is 0 Å². The molecule has 0 saturated carbocycles. The van der Waals surface area contributed by atoms with E-state index in [-0.39, 0.29) is 11.2 Å². The molecule has 2 aliphatic heterocycles. The van der Waals surface area contributed by atoms with Crippen molar-refractivity contribution in [3.8, 4) is 0 Å². The molecule has 1 aromatic heterocycles. The van der Waals surface area contributed by atoms with Crippen molar-refractivity contribution in [2.45, 2.75) is 31.3 Å². The molecule has 8 nitrogen and oxygen atoms in total. The third-order valence-electron chi connectivity index (χ3n) is 4.43. The topological polar surface area (TPSA) is 97.3 Å². The van der Waals surface area contributed by atoms with Crippen LogP contribution >= 0.6 is 0 Å². The summed E-state index contributed by atoms with van der Waals surface area (Å²) in [5.41, 5.74) is 1.50. The molecule has 21 heavy (non-hydrogen) atoms. The summed E-state index contributed by atoms with van der Waals surface area (Å²) in [5.74, 6) is 0. The zero-order valence-corrected chi connectivity index (χ0v) is 11.4. The van der Waals surface area contributed by atoms with Crippen molar-refractivity contribution < 1.29 is 9.55 Å². The first kappa shape index (κ1) is 12.5. The summed E-state index contributed by atoms with van der Waals surface area (Å²) < 4.78 is 4.73. The van der Waals surface area contributed by atoms with Gasteiger partial charge in [-0.1, -0.05) is 0 Å². The highest BCUT2D eigenvalue weighted by Crippen LogP contribution is 2.33. The Bertz CT molecular complexity index is 700. The number of nitrogens with zero attached hydrogens (tertiary/aromatic N) is 4. The van der Waals surface area contributed by atoms with Gasteiger partial charge in [-0.15, -0.1) is 0 Å². The summed E-state index contributed by atoms with van der Waals surface area (Å²) in [6.07, 6.45) is 3.48. The van der Waals surface area contributed by atoms with Gasteiger partial charge in [0, 0.05) is 31.2 Å². The Labute approximate surface area is 120 Å². The number of hydrogen-bond acceptors (Lipinski definition) is 7. The van der Waals surface area contributed by atoms with Crippen LogP contribution in [0.2, 0.25) is 0 Å². The monoisotopic (exact) mass is 289 g/mol. The quantitative estimate of drug-likeness (QED) is 0.660. The van der Waals surface area contributed by atoms with E-state index in [1.54, 1.807) is 6.07 Å². The Hall–Kier alpha value is -2.22. The van der Waals surface area contributed by atoms with Crippen LogP contribution in [-0.4, -0.2) is 40.4 Å². The van der Waals surface area contributed by atoms with Crippen LogP contribution in [0.25, 0.3) is 11.0 Å². The summed E-state index contributed by atoms with van der Waals surface area (Å²) in [6.45, 7) is 1.80. The number of hydrogen-bond donors (Lipinski definition) is 1. The number of fused-ring (bicyclic) bond motifs is 3. The third kappa shape index (κ3) is 2.02. The first-order valence-electron chi connectivity index (χ1n) is 7.13. The summed E-state index contributed by atoms with van der Waals surface area (Å²) in [7, 11) is 0. The number of nitrogens with one attached hydrogen (secondary N) is 1. The molecule has 8 heteroatoms. The molecule has 3 heterocycles. The van der Waals surface area contributed by atoms with E-state index in [2.05, 4.69) is 20.5 Å². The van der Waals surface area contributed by atoms with Gasteiger partial charge >= 0.3 is 5.69 Å². The molecule has 2 unspecified atom stereocenters. The minimum atomic E-state index is -0.456. The predicted molar refractivity (Wildman–Crippen MR) is 75.2 cm³/mol. The normalized spacial score (nSPS) is 25.2. The number of rotatable bonds is 2. The Morgan fingerprint density at radius 2 is 2.05 bits per heavy atom. The largest absolute Gasteiger partial charge is 0.368 e. The van der Waals surface area contributed by atoms with Gasteiger partial charge in [0.15, 0.2) is 5.52 Å². The predicted octanol–water partition coefficient (Wildman–Crippen LogP) is 1.46. The van der Waals surface area contributed by atoms with E-state index in [4.69, 9.17) is 4.63 Å². The van der Waals surface area contributed by atoms with Crippen LogP contribution in [0.3, 0.4) is 0 Å². The minimum Gasteiger partial charge on any atom is -0.368 e. The zero-order chi connectivity index (χ0) is 14.4. The molecular weight excluding hydrogens is 274 g/mol. The van der Waals surface area contributed by atoms with Gasteiger partial charge in [-0.2, -0.15) is 0 Å². The van der Waals surface area contributed by atoms with Crippen molar-refractivity contribution in [3.63, 3.8) is 0 Å². The highest BCUT2D eigenvalue weighted by Gasteiger charge is 2.31. The van der Waals surface area contributed by atoms with Gasteiger partial charge in [-0.05, 0) is 35.6 Å². The lowest BCUT2D eigenvalue weighted by Gasteiger charge is -2.26. The first-order chi connectivity index (χ1) is 10.2. The zero-order valence-electron chi connectivity index (χ0n) is 11.4. The van der Waals surface area contributed by atoms with Crippen LogP contribution < -0.4 is 10.2 Å². The molecule has 2 aliphatic rings. The molecule has 0 amide bonds. The van der Waals surface area contributed by atoms with Crippen LogP contribution in [0.1, 0.15) is 19.3 Å².